The van der Waals surface area contributed by atoms with Crippen LogP contribution in [0.4, 0.5) is 0 Å². The minimum absolute atomic E-state index is 0.493. The molecule has 0 heterocycles. The molecule has 0 aliphatic heterocycles. The Kier molecular flexibility index (Phi) is 3.78. The van der Waals surface area contributed by atoms with Crippen LogP contribution in [0.1, 0.15) is 12.5 Å². The van der Waals surface area contributed by atoms with Crippen molar-refractivity contribution in [2.45, 2.75) is 13.5 Å². The number of fused-ring (bicyclic) bond motifs is 1. The molecule has 0 atom stereocenters. The molecule has 0 aliphatic carbocycles. The smallest absolute Gasteiger partial charge is 0.124 e. The molecule has 0 aromatic heterocycles. The van der Waals surface area contributed by atoms with Gasteiger partial charge in [0.2, 0.25) is 0 Å². The van der Waals surface area contributed by atoms with Gasteiger partial charge >= 0.3 is 0 Å². The summed E-state index contributed by atoms with van der Waals surface area (Å²) in [6.45, 7) is 3.06. The molecule has 2 rings (SSSR count). The lowest BCUT2D eigenvalue weighted by atomic mass is 10.0. The summed E-state index contributed by atoms with van der Waals surface area (Å²) < 4.78 is 5.71. The average Bonchev–Trinajstić information content (AvgIpc) is 2.38. The van der Waals surface area contributed by atoms with Gasteiger partial charge in [-0.05, 0) is 23.8 Å². The molecule has 2 heteroatoms. The third-order valence-electron chi connectivity index (χ3n) is 2.77. The summed E-state index contributed by atoms with van der Waals surface area (Å²) in [6, 6.07) is 12.3. The Balaban J connectivity index is 2.42. The molecule has 0 saturated heterocycles. The highest BCUT2D eigenvalue weighted by Gasteiger charge is 2.06. The number of hydrogen-bond donors (Lipinski definition) is 1. The SMILES string of the molecule is C/C=C/COc1ccc2ccccc2c1CN. The minimum atomic E-state index is 0.493. The summed E-state index contributed by atoms with van der Waals surface area (Å²) in [6.07, 6.45) is 3.96. The first kappa shape index (κ1) is 11.7. The van der Waals surface area contributed by atoms with E-state index in [4.69, 9.17) is 10.5 Å². The highest BCUT2D eigenvalue weighted by atomic mass is 16.5. The molecule has 0 bridgehead atoms. The van der Waals surface area contributed by atoms with E-state index < -0.39 is 0 Å². The molecule has 0 amide bonds. The Hall–Kier alpha value is -1.80. The average molecular weight is 227 g/mol. The molecule has 0 aliphatic rings. The normalized spacial score (nSPS) is 11.2. The standard InChI is InChI=1S/C15H17NO/c1-2-3-10-17-15-9-8-12-6-4-5-7-13(12)14(15)11-16/h2-9H,10-11,16H2,1H3/b3-2+. The number of nitrogens with two attached hydrogens (primary N) is 1. The first-order valence-electron chi connectivity index (χ1n) is 5.81. The van der Waals surface area contributed by atoms with Crippen molar-refractivity contribution in [3.8, 4) is 5.75 Å². The number of benzene rings is 2. The van der Waals surface area contributed by atoms with E-state index in [1.54, 1.807) is 0 Å². The van der Waals surface area contributed by atoms with Gasteiger partial charge in [0.25, 0.3) is 0 Å². The van der Waals surface area contributed by atoms with Gasteiger partial charge in [-0.1, -0.05) is 42.5 Å². The monoisotopic (exact) mass is 227 g/mol. The van der Waals surface area contributed by atoms with Crippen molar-refractivity contribution < 1.29 is 4.74 Å². The quantitative estimate of drug-likeness (QED) is 0.814. The lowest BCUT2D eigenvalue weighted by Crippen LogP contribution is -2.03. The predicted octanol–water partition coefficient (Wildman–Crippen LogP) is 3.25. The van der Waals surface area contributed by atoms with Crippen molar-refractivity contribution in [1.29, 1.82) is 0 Å². The molecule has 0 radical (unpaired) electrons. The Morgan fingerprint density at radius 1 is 1.18 bits per heavy atom. The maximum Gasteiger partial charge on any atom is 0.124 e. The van der Waals surface area contributed by atoms with E-state index in [1.165, 1.54) is 10.8 Å². The first-order valence-corrected chi connectivity index (χ1v) is 5.81. The Morgan fingerprint density at radius 2 is 2.00 bits per heavy atom. The maximum atomic E-state index is 5.82. The minimum Gasteiger partial charge on any atom is -0.489 e. The van der Waals surface area contributed by atoms with Crippen LogP contribution in [0, 0.1) is 0 Å². The summed E-state index contributed by atoms with van der Waals surface area (Å²) in [4.78, 5) is 0. The molecule has 2 N–H and O–H groups in total. The molecular weight excluding hydrogens is 210 g/mol. The van der Waals surface area contributed by atoms with Gasteiger partial charge < -0.3 is 10.5 Å². The zero-order chi connectivity index (χ0) is 12.1. The number of rotatable bonds is 4. The van der Waals surface area contributed by atoms with E-state index in [0.29, 0.717) is 13.2 Å². The van der Waals surface area contributed by atoms with Gasteiger partial charge in [0, 0.05) is 12.1 Å². The lowest BCUT2D eigenvalue weighted by molar-refractivity contribution is 0.359. The van der Waals surface area contributed by atoms with Crippen LogP contribution in [0.25, 0.3) is 10.8 Å². The summed E-state index contributed by atoms with van der Waals surface area (Å²) in [5.41, 5.74) is 6.90. The maximum absolute atomic E-state index is 5.82. The molecule has 0 fully saturated rings. The Morgan fingerprint density at radius 3 is 2.76 bits per heavy atom. The van der Waals surface area contributed by atoms with E-state index in [1.807, 2.05) is 37.3 Å². The molecule has 17 heavy (non-hydrogen) atoms. The number of ether oxygens (including phenoxy) is 1. The van der Waals surface area contributed by atoms with Gasteiger partial charge in [-0.25, -0.2) is 0 Å². The number of allylic oxidation sites excluding steroid dienone is 1. The fourth-order valence-corrected chi connectivity index (χ4v) is 1.90. The zero-order valence-electron chi connectivity index (χ0n) is 10.0. The topological polar surface area (TPSA) is 35.2 Å². The second kappa shape index (κ2) is 5.51. The first-order chi connectivity index (χ1) is 8.36. The molecule has 0 unspecified atom stereocenters. The molecular formula is C15H17NO. The highest BCUT2D eigenvalue weighted by molar-refractivity contribution is 5.87. The third-order valence-corrected chi connectivity index (χ3v) is 2.77. The zero-order valence-corrected chi connectivity index (χ0v) is 10.0. The van der Waals surface area contributed by atoms with E-state index in [0.717, 1.165) is 11.3 Å². The van der Waals surface area contributed by atoms with Gasteiger partial charge in [-0.15, -0.1) is 0 Å². The molecule has 88 valence electrons. The van der Waals surface area contributed by atoms with Crippen LogP contribution >= 0.6 is 0 Å². The van der Waals surface area contributed by atoms with Crippen LogP contribution in [-0.2, 0) is 6.54 Å². The van der Waals surface area contributed by atoms with E-state index >= 15 is 0 Å². The van der Waals surface area contributed by atoms with Crippen molar-refractivity contribution >= 4 is 10.8 Å². The summed E-state index contributed by atoms with van der Waals surface area (Å²) in [5.74, 6) is 0.879. The fraction of sp³-hybridized carbons (Fsp3) is 0.200. The van der Waals surface area contributed by atoms with Crippen LogP contribution in [0.5, 0.6) is 5.75 Å². The van der Waals surface area contributed by atoms with Crippen LogP contribution in [0.15, 0.2) is 48.6 Å². The Bertz CT molecular complexity index is 531. The van der Waals surface area contributed by atoms with Crippen LogP contribution in [-0.4, -0.2) is 6.61 Å². The summed E-state index contributed by atoms with van der Waals surface area (Å²) in [7, 11) is 0. The highest BCUT2D eigenvalue weighted by Crippen LogP contribution is 2.27. The van der Waals surface area contributed by atoms with Crippen molar-refractivity contribution in [2.24, 2.45) is 5.73 Å². The van der Waals surface area contributed by atoms with Gasteiger partial charge in [-0.2, -0.15) is 0 Å². The van der Waals surface area contributed by atoms with Gasteiger partial charge in [0.1, 0.15) is 12.4 Å². The van der Waals surface area contributed by atoms with Crippen LogP contribution in [0.2, 0.25) is 0 Å². The van der Waals surface area contributed by atoms with E-state index in [2.05, 4.69) is 18.2 Å². The summed E-state index contributed by atoms with van der Waals surface area (Å²) in [5, 5.41) is 2.37. The second-order valence-corrected chi connectivity index (χ2v) is 3.85. The lowest BCUT2D eigenvalue weighted by Gasteiger charge is -2.11. The molecule has 2 nitrogen and oxygen atoms in total. The second-order valence-electron chi connectivity index (χ2n) is 3.85. The van der Waals surface area contributed by atoms with Gasteiger partial charge in [0.05, 0.1) is 0 Å². The van der Waals surface area contributed by atoms with Crippen LogP contribution in [0.3, 0.4) is 0 Å². The van der Waals surface area contributed by atoms with Gasteiger partial charge in [-0.3, -0.25) is 0 Å². The molecule has 2 aromatic carbocycles. The number of hydrogen-bond acceptors (Lipinski definition) is 2. The van der Waals surface area contributed by atoms with Crippen LogP contribution < -0.4 is 10.5 Å². The van der Waals surface area contributed by atoms with Crippen molar-refractivity contribution in [2.75, 3.05) is 6.61 Å². The van der Waals surface area contributed by atoms with E-state index in [9.17, 15) is 0 Å². The van der Waals surface area contributed by atoms with Crippen molar-refractivity contribution in [1.82, 2.24) is 0 Å². The molecule has 0 saturated carbocycles. The molecule has 0 spiro atoms. The fourth-order valence-electron chi connectivity index (χ4n) is 1.90. The largest absolute Gasteiger partial charge is 0.489 e. The molecule has 2 aromatic rings. The predicted molar refractivity (Wildman–Crippen MR) is 72.1 cm³/mol. The van der Waals surface area contributed by atoms with Crippen molar-refractivity contribution in [3.63, 3.8) is 0 Å². The Labute approximate surface area is 102 Å². The third kappa shape index (κ3) is 2.48. The summed E-state index contributed by atoms with van der Waals surface area (Å²) >= 11 is 0. The van der Waals surface area contributed by atoms with Gasteiger partial charge in [0.15, 0.2) is 0 Å². The van der Waals surface area contributed by atoms with Crippen molar-refractivity contribution in [3.05, 3.63) is 54.1 Å². The van der Waals surface area contributed by atoms with E-state index in [-0.39, 0.29) is 0 Å².